The maximum Gasteiger partial charge on any atom is 0.418 e. The van der Waals surface area contributed by atoms with Crippen molar-refractivity contribution in [3.05, 3.63) is 107 Å². The molecule has 49 heavy (non-hydrogen) atoms. The number of aliphatic imine (C=N–C) groups is 1. The molecule has 0 fully saturated rings. The lowest BCUT2D eigenvalue weighted by molar-refractivity contribution is -0.137. The van der Waals surface area contributed by atoms with Gasteiger partial charge in [-0.3, -0.25) is 19.9 Å². The van der Waals surface area contributed by atoms with Gasteiger partial charge in [0.25, 0.3) is 5.91 Å². The molecule has 0 unspecified atom stereocenters. The van der Waals surface area contributed by atoms with Crippen molar-refractivity contribution in [2.24, 2.45) is 10.9 Å². The van der Waals surface area contributed by atoms with Gasteiger partial charge in [-0.1, -0.05) is 80.1 Å². The molecule has 0 radical (unpaired) electrons. The van der Waals surface area contributed by atoms with E-state index in [0.717, 1.165) is 6.07 Å². The number of rotatable bonds is 11. The zero-order valence-electron chi connectivity index (χ0n) is 26.8. The Labute approximate surface area is 285 Å². The van der Waals surface area contributed by atoms with Gasteiger partial charge in [-0.05, 0) is 36.6 Å². The summed E-state index contributed by atoms with van der Waals surface area (Å²) in [6, 6.07) is 16.6. The number of carbonyl (C=O) groups excluding carboxylic acids is 4. The van der Waals surface area contributed by atoms with E-state index >= 15 is 0 Å². The zero-order valence-corrected chi connectivity index (χ0v) is 27.5. The number of amides is 3. The molecule has 0 saturated heterocycles. The molecule has 0 aromatic heterocycles. The number of nitrogens with one attached hydrogen (secondary N) is 2. The molecular weight excluding hydrogens is 665 g/mol. The molecule has 0 aliphatic carbocycles. The number of fused-ring (bicyclic) bond motifs is 1. The maximum atomic E-state index is 14.1. The average Bonchev–Trinajstić information content (AvgIpc) is 3.17. The van der Waals surface area contributed by atoms with Gasteiger partial charge in [-0.15, -0.1) is 0 Å². The van der Waals surface area contributed by atoms with Gasteiger partial charge in [-0.25, -0.2) is 9.59 Å². The monoisotopic (exact) mass is 698 g/mol. The molecular formula is C35H34ClF3N4O6. The van der Waals surface area contributed by atoms with Crippen molar-refractivity contribution in [3.63, 3.8) is 0 Å². The first-order chi connectivity index (χ1) is 23.3. The number of benzene rings is 3. The van der Waals surface area contributed by atoms with Crippen LogP contribution in [0.25, 0.3) is 0 Å². The highest BCUT2D eigenvalue weighted by Gasteiger charge is 2.36. The van der Waals surface area contributed by atoms with E-state index in [9.17, 15) is 32.3 Å². The number of halogens is 4. The van der Waals surface area contributed by atoms with E-state index in [1.807, 2.05) is 13.8 Å². The number of hydrogen-bond acceptors (Lipinski definition) is 7. The molecule has 2 atom stereocenters. The highest BCUT2D eigenvalue weighted by molar-refractivity contribution is 6.30. The molecule has 0 spiro atoms. The number of carbonyl (C=O) groups is 4. The number of alkyl halides is 3. The number of para-hydroxylation sites is 1. The molecule has 10 nitrogen and oxygen atoms in total. The van der Waals surface area contributed by atoms with Crippen LogP contribution < -0.4 is 15.5 Å². The van der Waals surface area contributed by atoms with Crippen LogP contribution in [0, 0.1) is 5.92 Å². The lowest BCUT2D eigenvalue weighted by Crippen LogP contribution is -2.47. The van der Waals surface area contributed by atoms with Gasteiger partial charge in [0, 0.05) is 28.3 Å². The Morgan fingerprint density at radius 3 is 2.41 bits per heavy atom. The number of esters is 1. The lowest BCUT2D eigenvalue weighted by atomic mass is 10.00. The molecule has 2 N–H and O–H groups in total. The average molecular weight is 699 g/mol. The molecule has 4 rings (SSSR count). The normalized spacial score (nSPS) is 15.3. The number of nitrogens with zero attached hydrogens (tertiary/aromatic N) is 2. The van der Waals surface area contributed by atoms with Crippen LogP contribution in [0.2, 0.25) is 5.02 Å². The first kappa shape index (κ1) is 36.7. The van der Waals surface area contributed by atoms with Gasteiger partial charge >= 0.3 is 18.2 Å². The third-order valence-electron chi connectivity index (χ3n) is 7.27. The SMILES string of the molecule is COC(=O)/C=C/[C@H](CC(C)C)NC(=O)CN1C(=O)[C@@H](COC(=O)Nc2ccc(Cl)cc2C(F)(F)F)N=C(c2ccccc2)c2ccccc21. The highest BCUT2D eigenvalue weighted by Crippen LogP contribution is 2.36. The van der Waals surface area contributed by atoms with Gasteiger partial charge in [0.1, 0.15) is 13.2 Å². The van der Waals surface area contributed by atoms with E-state index in [2.05, 4.69) is 20.4 Å². The van der Waals surface area contributed by atoms with Gasteiger partial charge in [0.2, 0.25) is 5.91 Å². The molecule has 3 amide bonds. The minimum absolute atomic E-state index is 0.141. The van der Waals surface area contributed by atoms with E-state index in [4.69, 9.17) is 16.3 Å². The van der Waals surface area contributed by atoms with Crippen molar-refractivity contribution >= 4 is 52.6 Å². The standard InChI is InChI=1S/C35H34ClF3N4O6/c1-21(2)17-24(14-16-31(45)48-3)40-30(44)19-43-29-12-8-7-11-25(29)32(22-9-5-4-6-10-22)41-28(33(43)46)20-49-34(47)42-27-15-13-23(36)18-26(27)35(37,38)39/h4-16,18,21,24,28H,17,19-20H2,1-3H3,(H,40,44)(H,42,47)/b16-14+/t24-,28-/m1/s1. The summed E-state index contributed by atoms with van der Waals surface area (Å²) >= 11 is 5.74. The fourth-order valence-corrected chi connectivity index (χ4v) is 5.27. The Hall–Kier alpha value is -5.17. The Kier molecular flexibility index (Phi) is 12.2. The van der Waals surface area contributed by atoms with Crippen molar-refractivity contribution < 1.29 is 41.8 Å². The third-order valence-corrected chi connectivity index (χ3v) is 7.50. The van der Waals surface area contributed by atoms with E-state index in [1.165, 1.54) is 30.2 Å². The first-order valence-electron chi connectivity index (χ1n) is 15.2. The fraction of sp³-hybridized carbons (Fsp3) is 0.286. The minimum Gasteiger partial charge on any atom is -0.466 e. The topological polar surface area (TPSA) is 126 Å². The predicted molar refractivity (Wildman–Crippen MR) is 179 cm³/mol. The lowest BCUT2D eigenvalue weighted by Gasteiger charge is -2.26. The van der Waals surface area contributed by atoms with Crippen molar-refractivity contribution in [1.82, 2.24) is 5.32 Å². The fourth-order valence-electron chi connectivity index (χ4n) is 5.10. The van der Waals surface area contributed by atoms with Crippen LogP contribution in [-0.2, 0) is 30.0 Å². The van der Waals surface area contributed by atoms with Gasteiger partial charge < -0.3 is 19.7 Å². The number of benzodiazepines with no additional fused rings is 1. The molecule has 3 aromatic rings. The van der Waals surface area contributed by atoms with Gasteiger partial charge in [0.05, 0.1) is 29.8 Å². The second-order valence-corrected chi connectivity index (χ2v) is 11.8. The van der Waals surface area contributed by atoms with E-state index in [0.29, 0.717) is 35.0 Å². The number of hydrogen-bond donors (Lipinski definition) is 2. The second kappa shape index (κ2) is 16.3. The number of methoxy groups -OCH3 is 1. The Balaban J connectivity index is 1.64. The van der Waals surface area contributed by atoms with Gasteiger partial charge in [0.15, 0.2) is 6.04 Å². The summed E-state index contributed by atoms with van der Waals surface area (Å²) < 4.78 is 50.7. The van der Waals surface area contributed by atoms with Crippen LogP contribution in [0.4, 0.5) is 29.3 Å². The number of anilines is 2. The van der Waals surface area contributed by atoms with E-state index in [-0.39, 0.29) is 10.9 Å². The highest BCUT2D eigenvalue weighted by atomic mass is 35.5. The summed E-state index contributed by atoms with van der Waals surface area (Å²) in [6.07, 6.45) is -2.88. The summed E-state index contributed by atoms with van der Waals surface area (Å²) in [4.78, 5) is 57.9. The largest absolute Gasteiger partial charge is 0.466 e. The van der Waals surface area contributed by atoms with Crippen molar-refractivity contribution in [1.29, 1.82) is 0 Å². The second-order valence-electron chi connectivity index (χ2n) is 11.4. The van der Waals surface area contributed by atoms with Crippen LogP contribution in [0.3, 0.4) is 0 Å². The van der Waals surface area contributed by atoms with Crippen LogP contribution in [-0.4, -0.2) is 61.9 Å². The quantitative estimate of drug-likeness (QED) is 0.176. The van der Waals surface area contributed by atoms with E-state index < -0.39 is 66.5 Å². The molecule has 258 valence electrons. The van der Waals surface area contributed by atoms with Crippen LogP contribution >= 0.6 is 11.6 Å². The molecule has 14 heteroatoms. The minimum atomic E-state index is -4.82. The Morgan fingerprint density at radius 2 is 1.73 bits per heavy atom. The Bertz CT molecular complexity index is 1750. The van der Waals surface area contributed by atoms with Crippen LogP contribution in [0.1, 0.15) is 37.0 Å². The molecule has 1 heterocycles. The number of ether oxygens (including phenoxy) is 2. The molecule has 0 bridgehead atoms. The molecule has 0 saturated carbocycles. The van der Waals surface area contributed by atoms with Crippen molar-refractivity contribution in [3.8, 4) is 0 Å². The summed E-state index contributed by atoms with van der Waals surface area (Å²) in [5.74, 6) is -1.70. The molecule has 3 aromatic carbocycles. The molecule has 1 aliphatic rings. The maximum absolute atomic E-state index is 14.1. The summed E-state index contributed by atoms with van der Waals surface area (Å²) in [6.45, 7) is 2.76. The third kappa shape index (κ3) is 9.92. The van der Waals surface area contributed by atoms with E-state index in [1.54, 1.807) is 54.6 Å². The van der Waals surface area contributed by atoms with Crippen LogP contribution in [0.5, 0.6) is 0 Å². The van der Waals surface area contributed by atoms with Crippen molar-refractivity contribution in [2.45, 2.75) is 38.5 Å². The van der Waals surface area contributed by atoms with Gasteiger partial charge in [-0.2, -0.15) is 13.2 Å². The molecule has 1 aliphatic heterocycles. The first-order valence-corrected chi connectivity index (χ1v) is 15.5. The summed E-state index contributed by atoms with van der Waals surface area (Å²) in [7, 11) is 1.23. The smallest absolute Gasteiger partial charge is 0.418 e. The zero-order chi connectivity index (χ0) is 35.7. The Morgan fingerprint density at radius 1 is 1.04 bits per heavy atom. The summed E-state index contributed by atoms with van der Waals surface area (Å²) in [5, 5.41) is 4.72. The van der Waals surface area contributed by atoms with Crippen molar-refractivity contribution in [2.75, 3.05) is 30.5 Å². The summed E-state index contributed by atoms with van der Waals surface area (Å²) in [5.41, 5.74) is 0.102. The predicted octanol–water partition coefficient (Wildman–Crippen LogP) is 6.42. The van der Waals surface area contributed by atoms with Crippen LogP contribution in [0.15, 0.2) is 89.9 Å².